The van der Waals surface area contributed by atoms with Crippen molar-refractivity contribution in [1.82, 2.24) is 0 Å². The van der Waals surface area contributed by atoms with Crippen molar-refractivity contribution in [3.63, 3.8) is 0 Å². The van der Waals surface area contributed by atoms with Crippen molar-refractivity contribution in [3.05, 3.63) is 22.4 Å². The molecule has 0 bridgehead atoms. The smallest absolute Gasteiger partial charge is 0.130 e. The van der Waals surface area contributed by atoms with Crippen molar-refractivity contribution in [2.45, 2.75) is 20.0 Å². The minimum Gasteiger partial charge on any atom is -0.501 e. The summed E-state index contributed by atoms with van der Waals surface area (Å²) in [6, 6.07) is 0. The number of alkyl halides is 1. The summed E-state index contributed by atoms with van der Waals surface area (Å²) >= 11 is 3.25. The number of hydrogen-bond donors (Lipinski definition) is 0. The lowest BCUT2D eigenvalue weighted by Crippen LogP contribution is -2.25. The molecule has 0 fully saturated rings. The molecule has 0 heterocycles. The van der Waals surface area contributed by atoms with Crippen LogP contribution in [-0.2, 0) is 4.74 Å². The highest BCUT2D eigenvalue weighted by Crippen LogP contribution is 2.34. The van der Waals surface area contributed by atoms with Crippen LogP contribution in [0, 0.1) is 11.8 Å². The maximum absolute atomic E-state index is 13.6. The summed E-state index contributed by atoms with van der Waals surface area (Å²) < 4.78 is 19.5. The van der Waals surface area contributed by atoms with Crippen molar-refractivity contribution >= 4 is 15.9 Å². The largest absolute Gasteiger partial charge is 0.501 e. The van der Waals surface area contributed by atoms with Gasteiger partial charge in [0, 0.05) is 4.48 Å². The van der Waals surface area contributed by atoms with E-state index in [-0.39, 0.29) is 11.8 Å². The van der Waals surface area contributed by atoms with Crippen LogP contribution in [0.2, 0.25) is 0 Å². The molecule has 74 valence electrons. The molecule has 0 aromatic carbocycles. The molecule has 0 spiro atoms. The average Bonchev–Trinajstić information content (AvgIpc) is 2.01. The molecule has 0 radical (unpaired) electrons. The van der Waals surface area contributed by atoms with Crippen molar-refractivity contribution in [2.75, 3.05) is 7.11 Å². The van der Waals surface area contributed by atoms with Gasteiger partial charge in [0.1, 0.15) is 11.9 Å². The summed E-state index contributed by atoms with van der Waals surface area (Å²) in [5, 5.41) is 0. The second-order valence-corrected chi connectivity index (χ2v) is 4.43. The van der Waals surface area contributed by atoms with Crippen LogP contribution in [0.4, 0.5) is 4.39 Å². The first kappa shape index (κ1) is 10.8. The van der Waals surface area contributed by atoms with Gasteiger partial charge in [-0.05, 0) is 18.1 Å². The first-order chi connectivity index (χ1) is 6.06. The van der Waals surface area contributed by atoms with E-state index in [4.69, 9.17) is 4.74 Å². The third-order valence-electron chi connectivity index (χ3n) is 2.22. The second kappa shape index (κ2) is 4.27. The van der Waals surface area contributed by atoms with Crippen LogP contribution < -0.4 is 0 Å². The van der Waals surface area contributed by atoms with Crippen molar-refractivity contribution in [3.8, 4) is 0 Å². The van der Waals surface area contributed by atoms with Crippen molar-refractivity contribution in [1.29, 1.82) is 0 Å². The third-order valence-corrected chi connectivity index (χ3v) is 2.72. The van der Waals surface area contributed by atoms with E-state index in [1.165, 1.54) is 0 Å². The van der Waals surface area contributed by atoms with Gasteiger partial charge < -0.3 is 4.74 Å². The summed E-state index contributed by atoms with van der Waals surface area (Å²) in [6.45, 7) is 3.99. The molecule has 0 amide bonds. The molecule has 0 aromatic heterocycles. The van der Waals surface area contributed by atoms with Gasteiger partial charge >= 0.3 is 0 Å². The second-order valence-electron chi connectivity index (χ2n) is 3.52. The number of methoxy groups -OCH3 is 1. The van der Waals surface area contributed by atoms with Gasteiger partial charge in [0.15, 0.2) is 0 Å². The molecule has 1 aliphatic carbocycles. The quantitative estimate of drug-likeness (QED) is 0.728. The zero-order chi connectivity index (χ0) is 10.0. The van der Waals surface area contributed by atoms with Gasteiger partial charge in [-0.1, -0.05) is 29.8 Å². The van der Waals surface area contributed by atoms with Crippen LogP contribution in [0.1, 0.15) is 13.8 Å². The standard InChI is InChI=1S/C10H14BrFO/c1-6(2)10-8(12)4-7(11)5-9(10)13-3/h4-6,8,10H,1-3H3. The highest BCUT2D eigenvalue weighted by molar-refractivity contribution is 9.11. The Hall–Kier alpha value is -0.310. The Bertz CT molecular complexity index is 245. The molecule has 1 aliphatic rings. The summed E-state index contributed by atoms with van der Waals surface area (Å²) in [5.74, 6) is 0.821. The zero-order valence-corrected chi connectivity index (χ0v) is 9.64. The van der Waals surface area contributed by atoms with E-state index in [1.807, 2.05) is 19.9 Å². The van der Waals surface area contributed by atoms with Crippen LogP contribution in [0.3, 0.4) is 0 Å². The van der Waals surface area contributed by atoms with E-state index in [0.29, 0.717) is 0 Å². The Morgan fingerprint density at radius 3 is 2.62 bits per heavy atom. The Labute approximate surface area is 86.8 Å². The highest BCUT2D eigenvalue weighted by Gasteiger charge is 2.30. The molecule has 1 nitrogen and oxygen atoms in total. The lowest BCUT2D eigenvalue weighted by Gasteiger charge is -2.27. The van der Waals surface area contributed by atoms with E-state index in [9.17, 15) is 4.39 Å². The average molecular weight is 249 g/mol. The van der Waals surface area contributed by atoms with Gasteiger partial charge in [-0.2, -0.15) is 0 Å². The first-order valence-electron chi connectivity index (χ1n) is 4.33. The predicted octanol–water partition coefficient (Wildman–Crippen LogP) is 3.42. The number of hydrogen-bond acceptors (Lipinski definition) is 1. The Morgan fingerprint density at radius 1 is 1.54 bits per heavy atom. The topological polar surface area (TPSA) is 9.23 Å². The van der Waals surface area contributed by atoms with Crippen LogP contribution in [0.25, 0.3) is 0 Å². The monoisotopic (exact) mass is 248 g/mol. The fraction of sp³-hybridized carbons (Fsp3) is 0.600. The minimum absolute atomic E-state index is 0.147. The number of rotatable bonds is 2. The summed E-state index contributed by atoms with van der Waals surface area (Å²) in [4.78, 5) is 0. The Kier molecular flexibility index (Phi) is 3.54. The maximum atomic E-state index is 13.6. The van der Waals surface area contributed by atoms with E-state index in [2.05, 4.69) is 15.9 Å². The van der Waals surface area contributed by atoms with Crippen LogP contribution >= 0.6 is 15.9 Å². The Balaban J connectivity index is 2.91. The van der Waals surface area contributed by atoms with Crippen LogP contribution in [0.5, 0.6) is 0 Å². The first-order valence-corrected chi connectivity index (χ1v) is 5.12. The van der Waals surface area contributed by atoms with Gasteiger partial charge in [0.25, 0.3) is 0 Å². The molecule has 2 atom stereocenters. The molecule has 0 aliphatic heterocycles. The summed E-state index contributed by atoms with van der Waals surface area (Å²) in [5.41, 5.74) is 0. The fourth-order valence-corrected chi connectivity index (χ4v) is 2.06. The van der Waals surface area contributed by atoms with Gasteiger partial charge in [-0.25, -0.2) is 4.39 Å². The molecule has 3 heteroatoms. The molecule has 0 saturated carbocycles. The van der Waals surface area contributed by atoms with E-state index < -0.39 is 6.17 Å². The zero-order valence-electron chi connectivity index (χ0n) is 8.05. The molecular weight excluding hydrogens is 235 g/mol. The van der Waals surface area contributed by atoms with Crippen LogP contribution in [0.15, 0.2) is 22.4 Å². The molecular formula is C10H14BrFO. The lowest BCUT2D eigenvalue weighted by molar-refractivity contribution is 0.156. The van der Waals surface area contributed by atoms with Crippen molar-refractivity contribution < 1.29 is 9.13 Å². The third kappa shape index (κ3) is 2.33. The summed E-state index contributed by atoms with van der Waals surface area (Å²) in [6.07, 6.45) is 2.46. The van der Waals surface area contributed by atoms with Gasteiger partial charge in [-0.3, -0.25) is 0 Å². The SMILES string of the molecule is COC1=CC(Br)=CC(F)C1C(C)C. The van der Waals surface area contributed by atoms with E-state index in [1.54, 1.807) is 13.2 Å². The number of ether oxygens (including phenoxy) is 1. The maximum Gasteiger partial charge on any atom is 0.130 e. The molecule has 1 rings (SSSR count). The molecule has 0 saturated heterocycles. The lowest BCUT2D eigenvalue weighted by atomic mass is 9.86. The normalized spacial score (nSPS) is 28.5. The molecule has 13 heavy (non-hydrogen) atoms. The van der Waals surface area contributed by atoms with Gasteiger partial charge in [-0.15, -0.1) is 0 Å². The Morgan fingerprint density at radius 2 is 2.15 bits per heavy atom. The number of halogens is 2. The molecule has 0 aromatic rings. The predicted molar refractivity (Wildman–Crippen MR) is 55.3 cm³/mol. The fourth-order valence-electron chi connectivity index (χ4n) is 1.58. The van der Waals surface area contributed by atoms with Gasteiger partial charge in [0.05, 0.1) is 13.0 Å². The molecule has 2 unspecified atom stereocenters. The number of allylic oxidation sites excluding steroid dienone is 4. The molecule has 0 N–H and O–H groups in total. The minimum atomic E-state index is -0.950. The highest BCUT2D eigenvalue weighted by atomic mass is 79.9. The van der Waals surface area contributed by atoms with Crippen molar-refractivity contribution in [2.24, 2.45) is 11.8 Å². The van der Waals surface area contributed by atoms with Gasteiger partial charge in [0.2, 0.25) is 0 Å². The summed E-state index contributed by atoms with van der Waals surface area (Å²) in [7, 11) is 1.58. The van der Waals surface area contributed by atoms with E-state index >= 15 is 0 Å². The van der Waals surface area contributed by atoms with E-state index in [0.717, 1.165) is 10.2 Å². The van der Waals surface area contributed by atoms with Crippen LogP contribution in [-0.4, -0.2) is 13.3 Å².